The number of ether oxygens (including phenoxy) is 2. The first-order chi connectivity index (χ1) is 14.1. The number of carbonyl (C=O) groups is 1. The van der Waals surface area contributed by atoms with Crippen molar-refractivity contribution >= 4 is 17.2 Å². The Morgan fingerprint density at radius 2 is 2.14 bits per heavy atom. The molecule has 1 aliphatic rings. The Labute approximate surface area is 173 Å². The van der Waals surface area contributed by atoms with Crippen molar-refractivity contribution in [2.75, 3.05) is 26.2 Å². The molecule has 29 heavy (non-hydrogen) atoms. The summed E-state index contributed by atoms with van der Waals surface area (Å²) in [6.07, 6.45) is 3.00. The molecule has 0 spiro atoms. The molecule has 1 aromatic carbocycles. The summed E-state index contributed by atoms with van der Waals surface area (Å²) in [6.45, 7) is 0.533. The van der Waals surface area contributed by atoms with E-state index in [1.165, 1.54) is 21.9 Å². The molecule has 2 N–H and O–H groups in total. The first kappa shape index (κ1) is 21.7. The highest BCUT2D eigenvalue weighted by atomic mass is 32.1. The van der Waals surface area contributed by atoms with Crippen LogP contribution in [0.15, 0.2) is 41.8 Å². The molecular weight excluding hydrogens is 398 g/mol. The van der Waals surface area contributed by atoms with Gasteiger partial charge in [0.15, 0.2) is 6.54 Å². The molecule has 1 fully saturated rings. The fourth-order valence-electron chi connectivity index (χ4n) is 3.47. The molecule has 1 unspecified atom stereocenters. The van der Waals surface area contributed by atoms with Crippen molar-refractivity contribution in [2.24, 2.45) is 0 Å². The minimum atomic E-state index is -2.82. The van der Waals surface area contributed by atoms with Crippen molar-refractivity contribution < 1.29 is 27.9 Å². The van der Waals surface area contributed by atoms with Gasteiger partial charge >= 0.3 is 6.61 Å². The average molecular weight is 426 g/mol. The first-order valence-corrected chi connectivity index (χ1v) is 10.7. The van der Waals surface area contributed by atoms with E-state index >= 15 is 0 Å². The van der Waals surface area contributed by atoms with E-state index in [-0.39, 0.29) is 17.8 Å². The van der Waals surface area contributed by atoms with Gasteiger partial charge in [-0.2, -0.15) is 8.78 Å². The molecule has 1 saturated heterocycles. The van der Waals surface area contributed by atoms with Crippen LogP contribution in [0, 0.1) is 0 Å². The number of benzene rings is 1. The predicted octanol–water partition coefficient (Wildman–Crippen LogP) is 2.27. The van der Waals surface area contributed by atoms with Crippen LogP contribution in [0.2, 0.25) is 0 Å². The Morgan fingerprint density at radius 1 is 1.31 bits per heavy atom. The van der Waals surface area contributed by atoms with Gasteiger partial charge in [0.1, 0.15) is 24.9 Å². The maximum atomic E-state index is 12.4. The number of rotatable bonds is 11. The summed E-state index contributed by atoms with van der Waals surface area (Å²) in [4.78, 5) is 14.9. The number of quaternary nitrogens is 1. The first-order valence-electron chi connectivity index (χ1n) is 9.86. The van der Waals surface area contributed by atoms with Gasteiger partial charge in [-0.15, -0.1) is 11.3 Å². The van der Waals surface area contributed by atoms with Crippen molar-refractivity contribution in [1.82, 2.24) is 5.32 Å². The molecule has 2 aromatic rings. The average Bonchev–Trinajstić information content (AvgIpc) is 3.37. The lowest BCUT2D eigenvalue weighted by atomic mass is 10.1. The van der Waals surface area contributed by atoms with Gasteiger partial charge in [0, 0.05) is 13.2 Å². The number of thiophene rings is 1. The van der Waals surface area contributed by atoms with Crippen molar-refractivity contribution in [3.05, 3.63) is 52.2 Å². The third-order valence-corrected chi connectivity index (χ3v) is 5.72. The largest absolute Gasteiger partial charge is 0.435 e. The summed E-state index contributed by atoms with van der Waals surface area (Å²) in [6, 6.07) is 10.6. The van der Waals surface area contributed by atoms with Crippen molar-refractivity contribution in [1.29, 1.82) is 0 Å². The smallest absolute Gasteiger partial charge is 0.387 e. The highest BCUT2D eigenvalue weighted by Crippen LogP contribution is 2.15. The van der Waals surface area contributed by atoms with Gasteiger partial charge in [-0.05, 0) is 48.4 Å². The molecule has 2 atom stereocenters. The Bertz CT molecular complexity index is 735. The van der Waals surface area contributed by atoms with Gasteiger partial charge in [-0.3, -0.25) is 4.79 Å². The minimum Gasteiger partial charge on any atom is -0.435 e. The van der Waals surface area contributed by atoms with Gasteiger partial charge in [0.05, 0.1) is 4.88 Å². The molecule has 3 rings (SSSR count). The van der Waals surface area contributed by atoms with Gasteiger partial charge in [-0.1, -0.05) is 18.2 Å². The van der Waals surface area contributed by atoms with E-state index in [1.807, 2.05) is 6.07 Å². The summed E-state index contributed by atoms with van der Waals surface area (Å²) in [5, 5.41) is 5.02. The maximum absolute atomic E-state index is 12.4. The molecule has 1 amide bonds. The fourth-order valence-corrected chi connectivity index (χ4v) is 4.24. The lowest BCUT2D eigenvalue weighted by molar-refractivity contribution is -0.908. The second-order valence-electron chi connectivity index (χ2n) is 7.14. The van der Waals surface area contributed by atoms with E-state index in [4.69, 9.17) is 4.74 Å². The molecule has 1 aliphatic heterocycles. The molecular formula is C21H27F2N2O3S+. The number of alkyl halides is 2. The summed E-state index contributed by atoms with van der Waals surface area (Å²) >= 11 is 1.71. The van der Waals surface area contributed by atoms with Crippen LogP contribution in [0.3, 0.4) is 0 Å². The second-order valence-corrected chi connectivity index (χ2v) is 8.18. The Morgan fingerprint density at radius 3 is 2.79 bits per heavy atom. The molecule has 0 bridgehead atoms. The van der Waals surface area contributed by atoms with Crippen LogP contribution in [-0.4, -0.2) is 44.9 Å². The SMILES string of the molecule is O=C(C[NH+](Cc1cccs1)C[C@@H]1CCCO1)NCCc1ccc(OC(F)F)cc1. The number of carbonyl (C=O) groups excluding carboxylic acids is 1. The lowest BCUT2D eigenvalue weighted by Crippen LogP contribution is -3.13. The summed E-state index contributed by atoms with van der Waals surface area (Å²) < 4.78 is 34.5. The van der Waals surface area contributed by atoms with Crippen LogP contribution in [0.1, 0.15) is 23.3 Å². The molecule has 0 saturated carbocycles. The molecule has 8 heteroatoms. The summed E-state index contributed by atoms with van der Waals surface area (Å²) in [7, 11) is 0. The number of amides is 1. The highest BCUT2D eigenvalue weighted by Gasteiger charge is 2.24. The number of nitrogens with one attached hydrogen (secondary N) is 2. The predicted molar refractivity (Wildman–Crippen MR) is 107 cm³/mol. The van der Waals surface area contributed by atoms with E-state index in [2.05, 4.69) is 21.5 Å². The second kappa shape index (κ2) is 11.2. The van der Waals surface area contributed by atoms with Crippen LogP contribution in [0.5, 0.6) is 5.75 Å². The number of hydrogen-bond acceptors (Lipinski definition) is 4. The van der Waals surface area contributed by atoms with E-state index < -0.39 is 6.61 Å². The van der Waals surface area contributed by atoms with Crippen LogP contribution >= 0.6 is 11.3 Å². The molecule has 0 aliphatic carbocycles. The molecule has 5 nitrogen and oxygen atoms in total. The number of halogens is 2. The monoisotopic (exact) mass is 425 g/mol. The standard InChI is InChI=1S/C21H26F2N2O3S/c22-21(23)28-17-7-5-16(6-8-17)9-10-24-20(26)15-25(13-18-3-1-11-27-18)14-19-4-2-12-29-19/h2,4-8,12,18,21H,1,3,9-11,13-15H2,(H,24,26)/p+1/t18-/m0/s1. The third-order valence-electron chi connectivity index (χ3n) is 4.84. The number of hydrogen-bond donors (Lipinski definition) is 2. The van der Waals surface area contributed by atoms with E-state index in [1.54, 1.807) is 23.5 Å². The summed E-state index contributed by atoms with van der Waals surface area (Å²) in [5.41, 5.74) is 0.953. The van der Waals surface area contributed by atoms with Crippen LogP contribution < -0.4 is 15.0 Å². The van der Waals surface area contributed by atoms with E-state index in [0.717, 1.165) is 38.1 Å². The van der Waals surface area contributed by atoms with Gasteiger partial charge in [0.25, 0.3) is 5.91 Å². The quantitative estimate of drug-likeness (QED) is 0.581. The van der Waals surface area contributed by atoms with Crippen molar-refractivity contribution in [2.45, 2.75) is 38.5 Å². The molecule has 158 valence electrons. The minimum absolute atomic E-state index is 0.00667. The highest BCUT2D eigenvalue weighted by molar-refractivity contribution is 7.09. The van der Waals surface area contributed by atoms with Crippen LogP contribution in [-0.2, 0) is 22.5 Å². The third kappa shape index (κ3) is 7.72. The summed E-state index contributed by atoms with van der Waals surface area (Å²) in [5.74, 6) is 0.141. The van der Waals surface area contributed by atoms with Crippen LogP contribution in [0.25, 0.3) is 0 Å². The van der Waals surface area contributed by atoms with Crippen molar-refractivity contribution in [3.63, 3.8) is 0 Å². The maximum Gasteiger partial charge on any atom is 0.387 e. The topological polar surface area (TPSA) is 52.0 Å². The zero-order chi connectivity index (χ0) is 20.5. The Hall–Kier alpha value is -2.03. The molecule has 1 aromatic heterocycles. The van der Waals surface area contributed by atoms with Gasteiger partial charge in [-0.25, -0.2) is 0 Å². The van der Waals surface area contributed by atoms with Gasteiger partial charge < -0.3 is 19.7 Å². The lowest BCUT2D eigenvalue weighted by Gasteiger charge is -2.21. The Kier molecular flexibility index (Phi) is 8.39. The zero-order valence-electron chi connectivity index (χ0n) is 16.2. The van der Waals surface area contributed by atoms with Crippen LogP contribution in [0.4, 0.5) is 8.78 Å². The van der Waals surface area contributed by atoms with E-state index in [9.17, 15) is 13.6 Å². The Balaban J connectivity index is 1.43. The molecule has 2 heterocycles. The van der Waals surface area contributed by atoms with Gasteiger partial charge in [0.2, 0.25) is 0 Å². The zero-order valence-corrected chi connectivity index (χ0v) is 17.1. The van der Waals surface area contributed by atoms with E-state index in [0.29, 0.717) is 19.5 Å². The fraction of sp³-hybridized carbons (Fsp3) is 0.476. The normalized spacial score (nSPS) is 17.4. The van der Waals surface area contributed by atoms with Crippen molar-refractivity contribution in [3.8, 4) is 5.75 Å². The molecule has 0 radical (unpaired) electrons.